The van der Waals surface area contributed by atoms with Crippen LogP contribution < -0.4 is 10.6 Å². The van der Waals surface area contributed by atoms with E-state index in [0.717, 1.165) is 22.3 Å². The number of alkyl carbamates (subject to hydrolysis) is 1. The summed E-state index contributed by atoms with van der Waals surface area (Å²) in [4.78, 5) is 36.4. The number of carboxylic acid groups (broad SMARTS) is 1. The molecule has 0 bridgehead atoms. The third-order valence-corrected chi connectivity index (χ3v) is 6.88. The molecule has 0 radical (unpaired) electrons. The molecule has 2 amide bonds. The van der Waals surface area contributed by atoms with Gasteiger partial charge in [0.15, 0.2) is 0 Å². The van der Waals surface area contributed by atoms with Crippen LogP contribution in [0.2, 0.25) is 0 Å². The van der Waals surface area contributed by atoms with Crippen molar-refractivity contribution < 1.29 is 24.2 Å². The first-order chi connectivity index (χ1) is 16.3. The molecule has 0 aromatic heterocycles. The minimum atomic E-state index is -0.893. The normalized spacial score (nSPS) is 13.5. The Bertz CT molecular complexity index is 986. The Kier molecular flexibility index (Phi) is 8.31. The van der Waals surface area contributed by atoms with Gasteiger partial charge in [-0.05, 0) is 41.0 Å². The molecular weight excluding hydrogens is 432 g/mol. The molecule has 0 heterocycles. The van der Waals surface area contributed by atoms with Gasteiger partial charge in [-0.1, -0.05) is 69.3 Å². The van der Waals surface area contributed by atoms with Crippen LogP contribution in [-0.4, -0.2) is 42.8 Å². The van der Waals surface area contributed by atoms with Crippen molar-refractivity contribution in [1.82, 2.24) is 10.6 Å². The van der Waals surface area contributed by atoms with Gasteiger partial charge in [0.05, 0.1) is 5.41 Å². The summed E-state index contributed by atoms with van der Waals surface area (Å²) in [6.07, 6.45) is 0.502. The molecule has 0 saturated carbocycles. The highest BCUT2D eigenvalue weighted by Gasteiger charge is 2.36. The van der Waals surface area contributed by atoms with Crippen molar-refractivity contribution in [1.29, 1.82) is 0 Å². The summed E-state index contributed by atoms with van der Waals surface area (Å²) >= 11 is 0. The van der Waals surface area contributed by atoms with Crippen molar-refractivity contribution >= 4 is 18.0 Å². The highest BCUT2D eigenvalue weighted by molar-refractivity contribution is 5.83. The van der Waals surface area contributed by atoms with E-state index in [2.05, 4.69) is 34.9 Å². The predicted octanol–water partition coefficient (Wildman–Crippen LogP) is 4.56. The Morgan fingerprint density at radius 2 is 1.53 bits per heavy atom. The van der Waals surface area contributed by atoms with E-state index in [0.29, 0.717) is 12.8 Å². The molecule has 2 aromatic carbocycles. The van der Waals surface area contributed by atoms with Crippen LogP contribution in [0.3, 0.4) is 0 Å². The Morgan fingerprint density at radius 3 is 2.06 bits per heavy atom. The molecule has 2 aromatic rings. The third-order valence-electron chi connectivity index (χ3n) is 6.88. The number of amides is 2. The van der Waals surface area contributed by atoms with Gasteiger partial charge in [-0.25, -0.2) is 4.79 Å². The molecule has 1 aliphatic carbocycles. The molecule has 182 valence electrons. The zero-order chi connectivity index (χ0) is 24.7. The summed E-state index contributed by atoms with van der Waals surface area (Å²) in [7, 11) is 0. The number of nitrogens with one attached hydrogen (secondary N) is 2. The van der Waals surface area contributed by atoms with Gasteiger partial charge in [0.1, 0.15) is 6.61 Å². The van der Waals surface area contributed by atoms with Crippen LogP contribution in [0.5, 0.6) is 0 Å². The number of aliphatic carboxylic acids is 1. The van der Waals surface area contributed by atoms with E-state index in [9.17, 15) is 14.4 Å². The number of carbonyl (C=O) groups is 3. The minimum absolute atomic E-state index is 0.0104. The van der Waals surface area contributed by atoms with Crippen LogP contribution >= 0.6 is 0 Å². The maximum absolute atomic E-state index is 12.9. The zero-order valence-electron chi connectivity index (χ0n) is 20.1. The SMILES string of the molecule is CCC(CC)(CNC(=O)OCC1c2ccccc2-c2ccccc21)C(=O)NCC(C)CC(=O)O. The van der Waals surface area contributed by atoms with Gasteiger partial charge < -0.3 is 20.5 Å². The van der Waals surface area contributed by atoms with E-state index in [-0.39, 0.29) is 43.9 Å². The monoisotopic (exact) mass is 466 g/mol. The van der Waals surface area contributed by atoms with Crippen molar-refractivity contribution in [3.63, 3.8) is 0 Å². The molecule has 0 fully saturated rings. The number of hydrogen-bond donors (Lipinski definition) is 3. The third kappa shape index (κ3) is 5.58. The van der Waals surface area contributed by atoms with E-state index in [1.54, 1.807) is 6.92 Å². The van der Waals surface area contributed by atoms with Crippen molar-refractivity contribution in [3.8, 4) is 11.1 Å². The molecule has 7 nitrogen and oxygen atoms in total. The van der Waals surface area contributed by atoms with Crippen LogP contribution in [-0.2, 0) is 14.3 Å². The van der Waals surface area contributed by atoms with E-state index < -0.39 is 17.5 Å². The summed E-state index contributed by atoms with van der Waals surface area (Å²) < 4.78 is 5.60. The Balaban J connectivity index is 1.58. The number of benzene rings is 2. The lowest BCUT2D eigenvalue weighted by Gasteiger charge is -2.31. The maximum Gasteiger partial charge on any atom is 0.407 e. The Labute approximate surface area is 200 Å². The van der Waals surface area contributed by atoms with E-state index in [1.165, 1.54) is 0 Å². The number of ether oxygens (including phenoxy) is 1. The molecule has 0 saturated heterocycles. The van der Waals surface area contributed by atoms with E-state index >= 15 is 0 Å². The second-order valence-corrected chi connectivity index (χ2v) is 9.08. The van der Waals surface area contributed by atoms with Crippen LogP contribution in [0.1, 0.15) is 57.1 Å². The first kappa shape index (κ1) is 25.3. The molecule has 1 atom stereocenters. The zero-order valence-corrected chi connectivity index (χ0v) is 20.1. The van der Waals surface area contributed by atoms with Crippen LogP contribution in [0.4, 0.5) is 4.79 Å². The lowest BCUT2D eigenvalue weighted by molar-refractivity contribution is -0.138. The van der Waals surface area contributed by atoms with Gasteiger partial charge in [0.25, 0.3) is 0 Å². The van der Waals surface area contributed by atoms with Crippen molar-refractivity contribution in [2.45, 2.75) is 46.0 Å². The minimum Gasteiger partial charge on any atom is -0.481 e. The highest BCUT2D eigenvalue weighted by atomic mass is 16.5. The number of carbonyl (C=O) groups excluding carboxylic acids is 2. The summed E-state index contributed by atoms with van der Waals surface area (Å²) in [5.41, 5.74) is 3.83. The fourth-order valence-electron chi connectivity index (χ4n) is 4.62. The molecule has 3 rings (SSSR count). The summed E-state index contributed by atoms with van der Waals surface area (Å²) in [5, 5.41) is 14.6. The molecule has 0 aliphatic heterocycles. The lowest BCUT2D eigenvalue weighted by Crippen LogP contribution is -2.49. The standard InChI is InChI=1S/C27H34N2O5/c1-4-27(5-2,25(32)28-15-18(3)14-24(30)31)17-29-26(33)34-16-23-21-12-8-6-10-19(21)20-11-7-9-13-22(20)23/h6-13,18,23H,4-5,14-17H2,1-3H3,(H,28,32)(H,29,33)(H,30,31). The molecule has 1 aliphatic rings. The molecule has 0 spiro atoms. The quantitative estimate of drug-likeness (QED) is 0.450. The van der Waals surface area contributed by atoms with Crippen molar-refractivity contribution in [3.05, 3.63) is 59.7 Å². The molecular formula is C27H34N2O5. The number of rotatable bonds is 11. The fourth-order valence-corrected chi connectivity index (χ4v) is 4.62. The van der Waals surface area contributed by atoms with E-state index in [4.69, 9.17) is 9.84 Å². The maximum atomic E-state index is 12.9. The van der Waals surface area contributed by atoms with Gasteiger partial charge in [0.2, 0.25) is 5.91 Å². The van der Waals surface area contributed by atoms with Crippen LogP contribution in [0, 0.1) is 11.3 Å². The van der Waals surface area contributed by atoms with Crippen LogP contribution in [0.25, 0.3) is 11.1 Å². The Morgan fingerprint density at radius 1 is 0.971 bits per heavy atom. The summed E-state index contributed by atoms with van der Waals surface area (Å²) in [5.74, 6) is -1.29. The van der Waals surface area contributed by atoms with Crippen LogP contribution in [0.15, 0.2) is 48.5 Å². The van der Waals surface area contributed by atoms with E-state index in [1.807, 2.05) is 38.1 Å². The fraction of sp³-hybridized carbons (Fsp3) is 0.444. The average Bonchev–Trinajstić information content (AvgIpc) is 3.15. The molecule has 1 unspecified atom stereocenters. The number of hydrogen-bond acceptors (Lipinski definition) is 4. The van der Waals surface area contributed by atoms with Crippen molar-refractivity contribution in [2.75, 3.05) is 19.7 Å². The predicted molar refractivity (Wildman–Crippen MR) is 131 cm³/mol. The lowest BCUT2D eigenvalue weighted by atomic mass is 9.81. The van der Waals surface area contributed by atoms with Gasteiger partial charge >= 0.3 is 12.1 Å². The first-order valence-corrected chi connectivity index (χ1v) is 11.9. The number of carboxylic acids is 1. The van der Waals surface area contributed by atoms with Gasteiger partial charge in [-0.3, -0.25) is 9.59 Å². The first-order valence-electron chi connectivity index (χ1n) is 11.9. The second-order valence-electron chi connectivity index (χ2n) is 9.08. The largest absolute Gasteiger partial charge is 0.481 e. The average molecular weight is 467 g/mol. The highest BCUT2D eigenvalue weighted by Crippen LogP contribution is 2.44. The topological polar surface area (TPSA) is 105 Å². The summed E-state index contributed by atoms with van der Waals surface area (Å²) in [6, 6.07) is 16.3. The Hall–Kier alpha value is -3.35. The van der Waals surface area contributed by atoms with Gasteiger partial charge in [-0.2, -0.15) is 0 Å². The second kappa shape index (κ2) is 11.2. The van der Waals surface area contributed by atoms with Gasteiger partial charge in [-0.15, -0.1) is 0 Å². The number of fused-ring (bicyclic) bond motifs is 3. The van der Waals surface area contributed by atoms with Gasteiger partial charge in [0, 0.05) is 25.4 Å². The summed E-state index contributed by atoms with van der Waals surface area (Å²) in [6.45, 7) is 6.23. The molecule has 7 heteroatoms. The van der Waals surface area contributed by atoms with Crippen molar-refractivity contribution in [2.24, 2.45) is 11.3 Å². The molecule has 34 heavy (non-hydrogen) atoms. The smallest absolute Gasteiger partial charge is 0.407 e. The molecule has 3 N–H and O–H groups in total.